The zero-order chi connectivity index (χ0) is 24.0. The number of hydrogen-bond acceptors (Lipinski definition) is 5. The van der Waals surface area contributed by atoms with E-state index in [1.807, 2.05) is 24.3 Å². The van der Waals surface area contributed by atoms with Crippen LogP contribution in [0.2, 0.25) is 0 Å². The first kappa shape index (κ1) is 24.9. The van der Waals surface area contributed by atoms with Crippen LogP contribution in [-0.2, 0) is 32.5 Å². The maximum atomic E-state index is 13.1. The summed E-state index contributed by atoms with van der Waals surface area (Å²) in [5, 5.41) is 0. The molecule has 1 saturated heterocycles. The molecule has 8 heteroatoms. The SMILES string of the molecule is CCc1ccc(CN(C)C(=O)COC(=O)c2ccc(C)c(S(=O)(=O)N3CCCCC3)c2)cc1. The predicted octanol–water partition coefficient (Wildman–Crippen LogP) is 3.55. The van der Waals surface area contributed by atoms with Crippen molar-refractivity contribution in [3.63, 3.8) is 0 Å². The molecule has 0 atom stereocenters. The van der Waals surface area contributed by atoms with Crippen LogP contribution in [0.4, 0.5) is 0 Å². The fourth-order valence-corrected chi connectivity index (χ4v) is 5.58. The first-order chi connectivity index (χ1) is 15.7. The van der Waals surface area contributed by atoms with E-state index >= 15 is 0 Å². The van der Waals surface area contributed by atoms with Crippen molar-refractivity contribution < 1.29 is 22.7 Å². The average Bonchev–Trinajstić information content (AvgIpc) is 2.83. The fraction of sp³-hybridized carbons (Fsp3) is 0.440. The van der Waals surface area contributed by atoms with E-state index in [4.69, 9.17) is 4.74 Å². The Balaban J connectivity index is 1.62. The number of ether oxygens (including phenoxy) is 1. The average molecular weight is 473 g/mol. The van der Waals surface area contributed by atoms with Gasteiger partial charge in [-0.15, -0.1) is 0 Å². The van der Waals surface area contributed by atoms with Gasteiger partial charge in [-0.25, -0.2) is 13.2 Å². The van der Waals surface area contributed by atoms with E-state index in [2.05, 4.69) is 6.92 Å². The van der Waals surface area contributed by atoms with Crippen molar-refractivity contribution in [2.24, 2.45) is 0 Å². The van der Waals surface area contributed by atoms with Gasteiger partial charge in [0.25, 0.3) is 5.91 Å². The molecule has 1 amide bonds. The minimum absolute atomic E-state index is 0.109. The number of likely N-dealkylation sites (N-methyl/N-ethyl adjacent to an activating group) is 1. The lowest BCUT2D eigenvalue weighted by Gasteiger charge is -2.26. The highest BCUT2D eigenvalue weighted by atomic mass is 32.2. The third-order valence-corrected chi connectivity index (χ3v) is 8.00. The van der Waals surface area contributed by atoms with Gasteiger partial charge in [-0.2, -0.15) is 4.31 Å². The van der Waals surface area contributed by atoms with Gasteiger partial charge >= 0.3 is 5.97 Å². The van der Waals surface area contributed by atoms with Gasteiger partial charge in [-0.1, -0.05) is 43.7 Å². The molecule has 0 N–H and O–H groups in total. The minimum Gasteiger partial charge on any atom is -0.452 e. The Morgan fingerprint density at radius 1 is 1.00 bits per heavy atom. The highest BCUT2D eigenvalue weighted by Crippen LogP contribution is 2.24. The molecule has 0 saturated carbocycles. The summed E-state index contributed by atoms with van der Waals surface area (Å²) in [5.41, 5.74) is 2.89. The Kier molecular flexibility index (Phi) is 8.26. The maximum absolute atomic E-state index is 13.1. The molecule has 33 heavy (non-hydrogen) atoms. The van der Waals surface area contributed by atoms with E-state index in [-0.39, 0.29) is 16.4 Å². The summed E-state index contributed by atoms with van der Waals surface area (Å²) in [7, 11) is -2.03. The summed E-state index contributed by atoms with van der Waals surface area (Å²) in [5.74, 6) is -1.06. The number of hydrogen-bond donors (Lipinski definition) is 0. The Bertz CT molecular complexity index is 1090. The molecule has 178 valence electrons. The number of nitrogens with zero attached hydrogens (tertiary/aromatic N) is 2. The summed E-state index contributed by atoms with van der Waals surface area (Å²) in [4.78, 5) is 26.6. The Morgan fingerprint density at radius 2 is 1.64 bits per heavy atom. The quantitative estimate of drug-likeness (QED) is 0.549. The van der Waals surface area contributed by atoms with Crippen molar-refractivity contribution in [2.75, 3.05) is 26.7 Å². The summed E-state index contributed by atoms with van der Waals surface area (Å²) in [6.07, 6.45) is 3.63. The second kappa shape index (κ2) is 10.9. The van der Waals surface area contributed by atoms with Crippen LogP contribution in [0, 0.1) is 6.92 Å². The molecule has 1 heterocycles. The molecule has 0 unspecified atom stereocenters. The number of aryl methyl sites for hydroxylation is 2. The van der Waals surface area contributed by atoms with Crippen LogP contribution in [-0.4, -0.2) is 56.2 Å². The molecular formula is C25H32N2O5S. The highest BCUT2D eigenvalue weighted by molar-refractivity contribution is 7.89. The van der Waals surface area contributed by atoms with Gasteiger partial charge in [-0.3, -0.25) is 4.79 Å². The lowest BCUT2D eigenvalue weighted by molar-refractivity contribution is -0.133. The van der Waals surface area contributed by atoms with Gasteiger partial charge in [-0.05, 0) is 55.0 Å². The van der Waals surface area contributed by atoms with E-state index in [1.165, 1.54) is 26.9 Å². The molecule has 0 spiro atoms. The Labute approximate surface area is 196 Å². The zero-order valence-electron chi connectivity index (χ0n) is 19.5. The van der Waals surface area contributed by atoms with Crippen LogP contribution < -0.4 is 0 Å². The number of rotatable bonds is 8. The maximum Gasteiger partial charge on any atom is 0.338 e. The van der Waals surface area contributed by atoms with E-state index in [9.17, 15) is 18.0 Å². The van der Waals surface area contributed by atoms with Gasteiger partial charge in [0.05, 0.1) is 10.5 Å². The molecule has 3 rings (SSSR count). The predicted molar refractivity (Wildman–Crippen MR) is 126 cm³/mol. The first-order valence-electron chi connectivity index (χ1n) is 11.3. The van der Waals surface area contributed by atoms with E-state index in [1.54, 1.807) is 20.0 Å². The molecule has 0 radical (unpaired) electrons. The van der Waals surface area contributed by atoms with E-state index < -0.39 is 22.6 Å². The number of sulfonamides is 1. The van der Waals surface area contributed by atoms with E-state index in [0.29, 0.717) is 25.2 Å². The number of piperidine rings is 1. The Morgan fingerprint density at radius 3 is 2.27 bits per heavy atom. The molecule has 1 fully saturated rings. The molecule has 2 aromatic rings. The molecule has 0 bridgehead atoms. The molecule has 2 aromatic carbocycles. The summed E-state index contributed by atoms with van der Waals surface area (Å²) < 4.78 is 32.8. The van der Waals surface area contributed by atoms with Gasteiger partial charge in [0, 0.05) is 26.7 Å². The summed E-state index contributed by atoms with van der Waals surface area (Å²) in [6.45, 7) is 4.75. The van der Waals surface area contributed by atoms with Crippen LogP contribution in [0.5, 0.6) is 0 Å². The van der Waals surface area contributed by atoms with Gasteiger partial charge < -0.3 is 9.64 Å². The smallest absolute Gasteiger partial charge is 0.338 e. The van der Waals surface area contributed by atoms with Crippen molar-refractivity contribution in [2.45, 2.75) is 51.0 Å². The standard InChI is InChI=1S/C25H32N2O5S/c1-4-20-9-11-21(12-10-20)17-26(3)24(28)18-32-25(29)22-13-8-19(2)23(16-22)33(30,31)27-14-6-5-7-15-27/h8-13,16H,4-7,14-15,17-18H2,1-3H3. The number of benzene rings is 2. The minimum atomic E-state index is -3.68. The third kappa shape index (κ3) is 6.21. The van der Waals surface area contributed by atoms with Crippen LogP contribution in [0.3, 0.4) is 0 Å². The van der Waals surface area contributed by atoms with Gasteiger partial charge in [0.2, 0.25) is 10.0 Å². The number of esters is 1. The van der Waals surface area contributed by atoms with Crippen molar-refractivity contribution >= 4 is 21.9 Å². The van der Waals surface area contributed by atoms with Crippen LogP contribution in [0.25, 0.3) is 0 Å². The highest BCUT2D eigenvalue weighted by Gasteiger charge is 2.28. The van der Waals surface area contributed by atoms with Crippen LogP contribution in [0.1, 0.15) is 53.2 Å². The summed E-state index contributed by atoms with van der Waals surface area (Å²) in [6, 6.07) is 12.5. The number of amides is 1. The van der Waals surface area contributed by atoms with Crippen molar-refractivity contribution in [1.82, 2.24) is 9.21 Å². The lowest BCUT2D eigenvalue weighted by Crippen LogP contribution is -2.36. The number of carbonyl (C=O) groups is 2. The molecule has 7 nitrogen and oxygen atoms in total. The van der Waals surface area contributed by atoms with Crippen molar-refractivity contribution in [3.8, 4) is 0 Å². The molecule has 1 aliphatic heterocycles. The first-order valence-corrected chi connectivity index (χ1v) is 12.8. The molecule has 0 aromatic heterocycles. The van der Waals surface area contributed by atoms with E-state index in [0.717, 1.165) is 31.2 Å². The lowest BCUT2D eigenvalue weighted by atomic mass is 10.1. The third-order valence-electron chi connectivity index (χ3n) is 5.96. The monoisotopic (exact) mass is 472 g/mol. The fourth-order valence-electron chi connectivity index (χ4n) is 3.81. The van der Waals surface area contributed by atoms with Crippen molar-refractivity contribution in [1.29, 1.82) is 0 Å². The normalized spacial score (nSPS) is 14.6. The second-order valence-corrected chi connectivity index (χ2v) is 10.3. The summed E-state index contributed by atoms with van der Waals surface area (Å²) >= 11 is 0. The van der Waals surface area contributed by atoms with Crippen LogP contribution in [0.15, 0.2) is 47.4 Å². The molecule has 0 aliphatic carbocycles. The van der Waals surface area contributed by atoms with Gasteiger partial charge in [0.1, 0.15) is 0 Å². The zero-order valence-corrected chi connectivity index (χ0v) is 20.4. The topological polar surface area (TPSA) is 84.0 Å². The largest absolute Gasteiger partial charge is 0.452 e. The Hall–Kier alpha value is -2.71. The van der Waals surface area contributed by atoms with Crippen LogP contribution >= 0.6 is 0 Å². The molecular weight excluding hydrogens is 440 g/mol. The van der Waals surface area contributed by atoms with Gasteiger partial charge in [0.15, 0.2) is 6.61 Å². The second-order valence-electron chi connectivity index (χ2n) is 8.44. The molecule has 1 aliphatic rings. The van der Waals surface area contributed by atoms with Crippen molar-refractivity contribution in [3.05, 3.63) is 64.7 Å². The number of carbonyl (C=O) groups excluding carboxylic acids is 2.